The van der Waals surface area contributed by atoms with Crippen LogP contribution in [0.5, 0.6) is 11.5 Å². The lowest BCUT2D eigenvalue weighted by molar-refractivity contribution is -0.119. The molecule has 0 bridgehead atoms. The second-order valence-corrected chi connectivity index (χ2v) is 7.29. The Kier molecular flexibility index (Phi) is 8.61. The number of carbonyl (C=O) groups is 2. The minimum atomic E-state index is -0.739. The second-order valence-electron chi connectivity index (χ2n) is 6.54. The summed E-state index contributed by atoms with van der Waals surface area (Å²) in [6.45, 7) is 4.93. The summed E-state index contributed by atoms with van der Waals surface area (Å²) in [6, 6.07) is 11.8. The Morgan fingerprint density at radius 2 is 1.72 bits per heavy atom. The molecular weight excluding hydrogens is 413 g/mol. The largest absolute Gasteiger partial charge is 0.457 e. The van der Waals surface area contributed by atoms with Crippen molar-refractivity contribution in [3.63, 3.8) is 0 Å². The molecule has 29 heavy (non-hydrogen) atoms. The number of anilines is 1. The summed E-state index contributed by atoms with van der Waals surface area (Å²) in [7, 11) is 0. The van der Waals surface area contributed by atoms with E-state index in [9.17, 15) is 9.59 Å². The number of hydrogen-bond donors (Lipinski definition) is 2. The number of hydrogen-bond acceptors (Lipinski definition) is 4. The van der Waals surface area contributed by atoms with E-state index in [1.165, 1.54) is 6.92 Å². The van der Waals surface area contributed by atoms with Gasteiger partial charge in [0.1, 0.15) is 17.5 Å². The minimum absolute atomic E-state index is 0.373. The van der Waals surface area contributed by atoms with E-state index in [1.807, 2.05) is 25.1 Å². The van der Waals surface area contributed by atoms with Crippen molar-refractivity contribution in [3.8, 4) is 11.5 Å². The highest BCUT2D eigenvalue weighted by atomic mass is 35.5. The van der Waals surface area contributed by atoms with Crippen molar-refractivity contribution in [2.24, 2.45) is 5.73 Å². The molecule has 0 aliphatic heterocycles. The summed E-state index contributed by atoms with van der Waals surface area (Å²) in [6.07, 6.45) is 0. The fraction of sp³-hybridized carbons (Fsp3) is 0.333. The summed E-state index contributed by atoms with van der Waals surface area (Å²) in [4.78, 5) is 25.3. The van der Waals surface area contributed by atoms with Crippen LogP contribution < -0.4 is 20.7 Å². The summed E-state index contributed by atoms with van der Waals surface area (Å²) in [5.74, 6) is 1.39. The number of carbonyl (C=O) groups excluding carboxylic acids is 2. The molecule has 0 saturated carbocycles. The molecule has 1 atom stereocenters. The van der Waals surface area contributed by atoms with Crippen LogP contribution in [0.15, 0.2) is 42.5 Å². The molecule has 2 aromatic rings. The number of nitrogens with two attached hydrogens (primary N) is 1. The first-order valence-electron chi connectivity index (χ1n) is 9.21. The molecule has 0 aromatic heterocycles. The van der Waals surface area contributed by atoms with Gasteiger partial charge in [-0.1, -0.05) is 0 Å². The molecule has 156 valence electrons. The molecule has 0 heterocycles. The highest BCUT2D eigenvalue weighted by Crippen LogP contribution is 2.29. The van der Waals surface area contributed by atoms with Crippen LogP contribution in [0.4, 0.5) is 5.69 Å². The van der Waals surface area contributed by atoms with Gasteiger partial charge in [0.15, 0.2) is 0 Å². The number of nitrogens with one attached hydrogen (secondary N) is 1. The van der Waals surface area contributed by atoms with E-state index in [1.54, 1.807) is 24.3 Å². The van der Waals surface area contributed by atoms with Crippen LogP contribution in [-0.4, -0.2) is 42.7 Å². The Labute approximate surface area is 180 Å². The number of nitrogens with zero attached hydrogens (tertiary/aromatic N) is 1. The highest BCUT2D eigenvalue weighted by molar-refractivity contribution is 6.18. The number of amides is 2. The Morgan fingerprint density at radius 1 is 1.10 bits per heavy atom. The molecule has 0 spiro atoms. The van der Waals surface area contributed by atoms with E-state index in [2.05, 4.69) is 10.2 Å². The van der Waals surface area contributed by atoms with Gasteiger partial charge in [-0.3, -0.25) is 9.59 Å². The van der Waals surface area contributed by atoms with Gasteiger partial charge in [-0.15, -0.1) is 23.2 Å². The van der Waals surface area contributed by atoms with E-state index < -0.39 is 11.9 Å². The molecule has 0 saturated heterocycles. The molecule has 2 aromatic carbocycles. The number of alkyl halides is 2. The van der Waals surface area contributed by atoms with Crippen LogP contribution in [0.2, 0.25) is 0 Å². The van der Waals surface area contributed by atoms with Crippen LogP contribution in [0.3, 0.4) is 0 Å². The maximum atomic E-state index is 12.1. The normalized spacial score (nSPS) is 11.6. The van der Waals surface area contributed by atoms with Crippen molar-refractivity contribution in [1.29, 1.82) is 0 Å². The average Bonchev–Trinajstić information content (AvgIpc) is 2.69. The van der Waals surface area contributed by atoms with Crippen molar-refractivity contribution in [1.82, 2.24) is 5.32 Å². The zero-order valence-electron chi connectivity index (χ0n) is 16.5. The van der Waals surface area contributed by atoms with Gasteiger partial charge in [-0.2, -0.15) is 0 Å². The number of halogens is 2. The fourth-order valence-electron chi connectivity index (χ4n) is 2.67. The standard InChI is InChI=1S/C21H25Cl2N3O3/c1-14-13-17(26(11-9-22)12-10-23)5-8-19(14)29-18-6-3-16(4-7-18)21(28)25-15(2)20(24)27/h3-8,13,15H,9-12H2,1-2H3,(H2,24,27)(H,25,28). The predicted molar refractivity (Wildman–Crippen MR) is 117 cm³/mol. The monoisotopic (exact) mass is 437 g/mol. The lowest BCUT2D eigenvalue weighted by atomic mass is 10.1. The quantitative estimate of drug-likeness (QED) is 0.555. The number of benzene rings is 2. The average molecular weight is 438 g/mol. The van der Waals surface area contributed by atoms with Crippen molar-refractivity contribution >= 4 is 40.7 Å². The number of rotatable bonds is 10. The fourth-order valence-corrected chi connectivity index (χ4v) is 3.08. The van der Waals surface area contributed by atoms with Crippen LogP contribution in [0.25, 0.3) is 0 Å². The van der Waals surface area contributed by atoms with Crippen LogP contribution in [0.1, 0.15) is 22.8 Å². The van der Waals surface area contributed by atoms with Gasteiger partial charge in [0, 0.05) is 36.1 Å². The van der Waals surface area contributed by atoms with Crippen LogP contribution >= 0.6 is 23.2 Å². The number of ether oxygens (including phenoxy) is 1. The smallest absolute Gasteiger partial charge is 0.251 e. The number of aryl methyl sites for hydroxylation is 1. The zero-order chi connectivity index (χ0) is 21.4. The third kappa shape index (κ3) is 6.54. The van der Waals surface area contributed by atoms with Gasteiger partial charge in [0.25, 0.3) is 5.91 Å². The van der Waals surface area contributed by atoms with E-state index in [0.29, 0.717) is 41.9 Å². The van der Waals surface area contributed by atoms with E-state index in [4.69, 9.17) is 33.7 Å². The lowest BCUT2D eigenvalue weighted by Crippen LogP contribution is -2.42. The second kappa shape index (κ2) is 10.9. The van der Waals surface area contributed by atoms with E-state index in [0.717, 1.165) is 11.3 Å². The van der Waals surface area contributed by atoms with Gasteiger partial charge < -0.3 is 20.7 Å². The van der Waals surface area contributed by atoms with Crippen molar-refractivity contribution < 1.29 is 14.3 Å². The van der Waals surface area contributed by atoms with Crippen molar-refractivity contribution in [3.05, 3.63) is 53.6 Å². The molecule has 2 amide bonds. The molecule has 0 fully saturated rings. The van der Waals surface area contributed by atoms with Crippen molar-refractivity contribution in [2.75, 3.05) is 29.7 Å². The Morgan fingerprint density at radius 3 is 2.24 bits per heavy atom. The van der Waals surface area contributed by atoms with Crippen LogP contribution in [0, 0.1) is 6.92 Å². The van der Waals surface area contributed by atoms with Gasteiger partial charge in [0.2, 0.25) is 5.91 Å². The number of primary amides is 1. The molecular formula is C21H25Cl2N3O3. The van der Waals surface area contributed by atoms with Gasteiger partial charge in [0.05, 0.1) is 0 Å². The first-order chi connectivity index (χ1) is 13.8. The molecule has 1 unspecified atom stereocenters. The minimum Gasteiger partial charge on any atom is -0.457 e. The van der Waals surface area contributed by atoms with Gasteiger partial charge >= 0.3 is 0 Å². The van der Waals surface area contributed by atoms with E-state index in [-0.39, 0.29) is 5.91 Å². The first kappa shape index (κ1) is 22.8. The third-order valence-electron chi connectivity index (χ3n) is 4.35. The Hall–Kier alpha value is -2.44. The lowest BCUT2D eigenvalue weighted by Gasteiger charge is -2.23. The van der Waals surface area contributed by atoms with Gasteiger partial charge in [-0.05, 0) is 61.9 Å². The highest BCUT2D eigenvalue weighted by Gasteiger charge is 2.14. The molecule has 0 aliphatic carbocycles. The Bertz CT molecular complexity index is 838. The first-order valence-corrected chi connectivity index (χ1v) is 10.3. The molecule has 0 aliphatic rings. The molecule has 0 radical (unpaired) electrons. The third-order valence-corrected chi connectivity index (χ3v) is 4.69. The Balaban J connectivity index is 2.08. The zero-order valence-corrected chi connectivity index (χ0v) is 18.0. The molecule has 3 N–H and O–H groups in total. The summed E-state index contributed by atoms with van der Waals surface area (Å²) in [5.41, 5.74) is 7.57. The summed E-state index contributed by atoms with van der Waals surface area (Å²) < 4.78 is 5.94. The molecule has 8 heteroatoms. The summed E-state index contributed by atoms with van der Waals surface area (Å²) in [5, 5.41) is 2.53. The SMILES string of the molecule is Cc1cc(N(CCCl)CCCl)ccc1Oc1ccc(C(=O)NC(C)C(N)=O)cc1. The molecule has 2 rings (SSSR count). The maximum absolute atomic E-state index is 12.1. The van der Waals surface area contributed by atoms with Gasteiger partial charge in [-0.25, -0.2) is 0 Å². The predicted octanol–water partition coefficient (Wildman–Crippen LogP) is 3.67. The topological polar surface area (TPSA) is 84.7 Å². The van der Waals surface area contributed by atoms with Crippen LogP contribution in [-0.2, 0) is 4.79 Å². The van der Waals surface area contributed by atoms with Crippen molar-refractivity contribution in [2.45, 2.75) is 19.9 Å². The van der Waals surface area contributed by atoms with E-state index >= 15 is 0 Å². The summed E-state index contributed by atoms with van der Waals surface area (Å²) >= 11 is 11.8. The molecule has 6 nitrogen and oxygen atoms in total. The maximum Gasteiger partial charge on any atom is 0.251 e.